The van der Waals surface area contributed by atoms with Gasteiger partial charge in [0.25, 0.3) is 0 Å². The fourth-order valence-electron chi connectivity index (χ4n) is 2.31. The standard InChI is InChI=1S/C11H20N2O3/c1-10(2,3)16-9(14)13-7-11(6-12)4-8(13)5-15-11/h8H,4-7,12H2,1-3H3/t8-,11+/m0/s1. The summed E-state index contributed by atoms with van der Waals surface area (Å²) in [6, 6.07) is 0.137. The molecule has 2 heterocycles. The van der Waals surface area contributed by atoms with E-state index in [9.17, 15) is 4.79 Å². The molecule has 2 aliphatic rings. The maximum atomic E-state index is 11.9. The van der Waals surface area contributed by atoms with Crippen LogP contribution in [0.3, 0.4) is 0 Å². The van der Waals surface area contributed by atoms with Crippen molar-refractivity contribution in [2.75, 3.05) is 19.7 Å². The van der Waals surface area contributed by atoms with Crippen molar-refractivity contribution in [3.05, 3.63) is 0 Å². The van der Waals surface area contributed by atoms with E-state index in [1.807, 2.05) is 20.8 Å². The molecule has 92 valence electrons. The molecule has 2 bridgehead atoms. The molecule has 0 aromatic carbocycles. The lowest BCUT2D eigenvalue weighted by Crippen LogP contribution is -2.49. The van der Waals surface area contributed by atoms with Gasteiger partial charge in [0, 0.05) is 13.0 Å². The van der Waals surface area contributed by atoms with Gasteiger partial charge in [0.1, 0.15) is 11.2 Å². The number of hydrogen-bond acceptors (Lipinski definition) is 4. The van der Waals surface area contributed by atoms with Crippen LogP contribution in [-0.4, -0.2) is 47.9 Å². The van der Waals surface area contributed by atoms with Gasteiger partial charge in [-0.05, 0) is 20.8 Å². The van der Waals surface area contributed by atoms with Crippen LogP contribution in [0.5, 0.6) is 0 Å². The molecule has 2 N–H and O–H groups in total. The zero-order valence-corrected chi connectivity index (χ0v) is 10.2. The molecule has 1 amide bonds. The Morgan fingerprint density at radius 3 is 2.81 bits per heavy atom. The third-order valence-electron chi connectivity index (χ3n) is 3.09. The molecule has 2 fully saturated rings. The lowest BCUT2D eigenvalue weighted by molar-refractivity contribution is -0.0478. The molecule has 5 heteroatoms. The normalized spacial score (nSPS) is 33.2. The van der Waals surface area contributed by atoms with E-state index >= 15 is 0 Å². The molecule has 0 aliphatic carbocycles. The van der Waals surface area contributed by atoms with Crippen molar-refractivity contribution in [3.8, 4) is 0 Å². The van der Waals surface area contributed by atoms with Gasteiger partial charge in [-0.15, -0.1) is 0 Å². The summed E-state index contributed by atoms with van der Waals surface area (Å²) in [5.41, 5.74) is 4.93. The van der Waals surface area contributed by atoms with E-state index in [0.717, 1.165) is 6.42 Å². The Morgan fingerprint density at radius 1 is 1.62 bits per heavy atom. The van der Waals surface area contributed by atoms with Crippen molar-refractivity contribution in [3.63, 3.8) is 0 Å². The van der Waals surface area contributed by atoms with E-state index in [1.54, 1.807) is 4.90 Å². The molecule has 2 aliphatic heterocycles. The zero-order valence-electron chi connectivity index (χ0n) is 10.2. The van der Waals surface area contributed by atoms with Crippen molar-refractivity contribution in [2.24, 2.45) is 5.73 Å². The fraction of sp³-hybridized carbons (Fsp3) is 0.909. The van der Waals surface area contributed by atoms with Crippen LogP contribution < -0.4 is 5.73 Å². The highest BCUT2D eigenvalue weighted by atomic mass is 16.6. The van der Waals surface area contributed by atoms with E-state index in [4.69, 9.17) is 15.2 Å². The second-order valence-corrected chi connectivity index (χ2v) is 5.66. The van der Waals surface area contributed by atoms with Crippen molar-refractivity contribution in [1.82, 2.24) is 4.90 Å². The predicted octanol–water partition coefficient (Wildman–Crippen LogP) is 0.723. The van der Waals surface area contributed by atoms with Gasteiger partial charge in [-0.3, -0.25) is 4.90 Å². The quantitative estimate of drug-likeness (QED) is 0.718. The maximum absolute atomic E-state index is 11.9. The van der Waals surface area contributed by atoms with Gasteiger partial charge >= 0.3 is 6.09 Å². The van der Waals surface area contributed by atoms with Crippen molar-refractivity contribution < 1.29 is 14.3 Å². The number of ether oxygens (including phenoxy) is 2. The Kier molecular flexibility index (Phi) is 2.62. The fourth-order valence-corrected chi connectivity index (χ4v) is 2.31. The van der Waals surface area contributed by atoms with E-state index in [1.165, 1.54) is 0 Å². The van der Waals surface area contributed by atoms with Crippen molar-refractivity contribution in [2.45, 2.75) is 44.4 Å². The summed E-state index contributed by atoms with van der Waals surface area (Å²) in [7, 11) is 0. The minimum Gasteiger partial charge on any atom is -0.444 e. The number of amides is 1. The van der Waals surface area contributed by atoms with Crippen LogP contribution >= 0.6 is 0 Å². The maximum Gasteiger partial charge on any atom is 0.410 e. The number of nitrogens with two attached hydrogens (primary N) is 1. The largest absolute Gasteiger partial charge is 0.444 e. The first-order valence-electron chi connectivity index (χ1n) is 5.69. The molecule has 0 spiro atoms. The monoisotopic (exact) mass is 228 g/mol. The highest BCUT2D eigenvalue weighted by molar-refractivity contribution is 5.69. The number of likely N-dealkylation sites (tertiary alicyclic amines) is 1. The third kappa shape index (κ3) is 2.01. The molecule has 16 heavy (non-hydrogen) atoms. The lowest BCUT2D eigenvalue weighted by atomic mass is 10.0. The Morgan fingerprint density at radius 2 is 2.31 bits per heavy atom. The number of carbonyl (C=O) groups excluding carboxylic acids is 1. The molecule has 0 aromatic rings. The first kappa shape index (κ1) is 11.7. The van der Waals surface area contributed by atoms with Gasteiger partial charge in [0.05, 0.1) is 19.2 Å². The van der Waals surface area contributed by atoms with Crippen molar-refractivity contribution in [1.29, 1.82) is 0 Å². The molecule has 2 saturated heterocycles. The van der Waals surface area contributed by atoms with Gasteiger partial charge in [-0.25, -0.2) is 4.79 Å². The summed E-state index contributed by atoms with van der Waals surface area (Å²) in [5.74, 6) is 0. The summed E-state index contributed by atoms with van der Waals surface area (Å²) in [6.07, 6.45) is 0.582. The third-order valence-corrected chi connectivity index (χ3v) is 3.09. The number of fused-ring (bicyclic) bond motifs is 2. The average Bonchev–Trinajstić information content (AvgIpc) is 2.72. The van der Waals surface area contributed by atoms with E-state index in [0.29, 0.717) is 19.7 Å². The predicted molar refractivity (Wildman–Crippen MR) is 59.1 cm³/mol. The highest BCUT2D eigenvalue weighted by Gasteiger charge is 2.52. The molecule has 0 unspecified atom stereocenters. The van der Waals surface area contributed by atoms with Gasteiger partial charge in [-0.2, -0.15) is 0 Å². The Hall–Kier alpha value is -0.810. The van der Waals surface area contributed by atoms with Gasteiger partial charge in [-0.1, -0.05) is 0 Å². The number of carbonyl (C=O) groups is 1. The van der Waals surface area contributed by atoms with E-state index < -0.39 is 5.60 Å². The van der Waals surface area contributed by atoms with Crippen LogP contribution in [0.15, 0.2) is 0 Å². The lowest BCUT2D eigenvalue weighted by Gasteiger charge is -2.33. The SMILES string of the molecule is CC(C)(C)OC(=O)N1C[C@]2(CN)C[C@H]1CO2. The van der Waals surface area contributed by atoms with Gasteiger partial charge in [0.2, 0.25) is 0 Å². The van der Waals surface area contributed by atoms with Crippen LogP contribution in [0.25, 0.3) is 0 Å². The summed E-state index contributed by atoms with van der Waals surface area (Å²) in [4.78, 5) is 13.7. The minimum atomic E-state index is -0.449. The van der Waals surface area contributed by atoms with Crippen LogP contribution in [0.2, 0.25) is 0 Å². The summed E-state index contributed by atoms with van der Waals surface area (Å²) in [6.45, 7) is 7.21. The van der Waals surface area contributed by atoms with E-state index in [2.05, 4.69) is 0 Å². The summed E-state index contributed by atoms with van der Waals surface area (Å²) >= 11 is 0. The first-order valence-corrected chi connectivity index (χ1v) is 5.69. The second-order valence-electron chi connectivity index (χ2n) is 5.66. The Labute approximate surface area is 95.9 Å². The van der Waals surface area contributed by atoms with Crippen LogP contribution in [0.1, 0.15) is 27.2 Å². The molecule has 0 aromatic heterocycles. The topological polar surface area (TPSA) is 64.8 Å². The zero-order chi connectivity index (χ0) is 12.0. The molecule has 0 radical (unpaired) electrons. The summed E-state index contributed by atoms with van der Waals surface area (Å²) < 4.78 is 11.0. The van der Waals surface area contributed by atoms with Crippen LogP contribution in [-0.2, 0) is 9.47 Å². The second kappa shape index (κ2) is 3.60. The van der Waals surface area contributed by atoms with Gasteiger partial charge < -0.3 is 15.2 Å². The average molecular weight is 228 g/mol. The number of nitrogens with zero attached hydrogens (tertiary/aromatic N) is 1. The summed E-state index contributed by atoms with van der Waals surface area (Å²) in [5, 5.41) is 0. The Bertz CT molecular complexity index is 300. The van der Waals surface area contributed by atoms with Crippen LogP contribution in [0.4, 0.5) is 4.79 Å². The Balaban J connectivity index is 2.01. The number of morpholine rings is 1. The molecular formula is C11H20N2O3. The smallest absolute Gasteiger partial charge is 0.410 e. The molecule has 0 saturated carbocycles. The minimum absolute atomic E-state index is 0.137. The van der Waals surface area contributed by atoms with Gasteiger partial charge in [0.15, 0.2) is 0 Å². The van der Waals surface area contributed by atoms with Crippen molar-refractivity contribution >= 4 is 6.09 Å². The molecule has 5 nitrogen and oxygen atoms in total. The number of hydrogen-bond donors (Lipinski definition) is 1. The highest BCUT2D eigenvalue weighted by Crippen LogP contribution is 2.37. The first-order chi connectivity index (χ1) is 7.35. The number of rotatable bonds is 1. The van der Waals surface area contributed by atoms with E-state index in [-0.39, 0.29) is 17.7 Å². The van der Waals surface area contributed by atoms with Crippen LogP contribution in [0, 0.1) is 0 Å². The molecule has 2 atom stereocenters. The molecular weight excluding hydrogens is 208 g/mol. The molecule has 2 rings (SSSR count).